The molecule has 0 aromatic heterocycles. The van der Waals surface area contributed by atoms with Crippen LogP contribution in [-0.2, 0) is 11.3 Å². The molecule has 0 saturated carbocycles. The normalized spacial score (nSPS) is 27.7. The van der Waals surface area contributed by atoms with E-state index in [0.717, 1.165) is 31.8 Å². The average Bonchev–Trinajstić information content (AvgIpc) is 3.34. The second kappa shape index (κ2) is 8.51. The lowest BCUT2D eigenvalue weighted by molar-refractivity contribution is 0.0916. The van der Waals surface area contributed by atoms with Crippen molar-refractivity contribution < 1.29 is 9.53 Å². The SMILES string of the molecule is O=C(N[C@H]1COC[C@@H]1N1CCCC1)c1ccc(CN2CCCCC2)cc1. The van der Waals surface area contributed by atoms with Gasteiger partial charge in [-0.1, -0.05) is 18.6 Å². The maximum Gasteiger partial charge on any atom is 0.251 e. The van der Waals surface area contributed by atoms with Crippen molar-refractivity contribution in [2.45, 2.75) is 50.7 Å². The molecule has 5 nitrogen and oxygen atoms in total. The Morgan fingerprint density at radius 1 is 0.962 bits per heavy atom. The molecule has 3 heterocycles. The molecule has 0 unspecified atom stereocenters. The number of nitrogens with zero attached hydrogens (tertiary/aromatic N) is 2. The smallest absolute Gasteiger partial charge is 0.251 e. The van der Waals surface area contributed by atoms with Gasteiger partial charge in [0.25, 0.3) is 5.91 Å². The Labute approximate surface area is 156 Å². The van der Waals surface area contributed by atoms with Crippen LogP contribution in [0, 0.1) is 0 Å². The van der Waals surface area contributed by atoms with Gasteiger partial charge in [-0.3, -0.25) is 14.6 Å². The van der Waals surface area contributed by atoms with Crippen molar-refractivity contribution in [3.05, 3.63) is 35.4 Å². The Bertz CT molecular complexity index is 592. The zero-order valence-electron chi connectivity index (χ0n) is 15.7. The van der Waals surface area contributed by atoms with Crippen molar-refractivity contribution >= 4 is 5.91 Å². The topological polar surface area (TPSA) is 44.8 Å². The Kier molecular flexibility index (Phi) is 5.88. The molecule has 0 spiro atoms. The van der Waals surface area contributed by atoms with Crippen LogP contribution in [0.25, 0.3) is 0 Å². The second-order valence-electron chi connectivity index (χ2n) is 7.96. The Morgan fingerprint density at radius 2 is 1.65 bits per heavy atom. The predicted octanol–water partition coefficient (Wildman–Crippen LogP) is 2.27. The summed E-state index contributed by atoms with van der Waals surface area (Å²) in [5, 5.41) is 3.21. The van der Waals surface area contributed by atoms with Crippen LogP contribution < -0.4 is 5.32 Å². The van der Waals surface area contributed by atoms with Gasteiger partial charge < -0.3 is 10.1 Å². The molecule has 4 rings (SSSR count). The summed E-state index contributed by atoms with van der Waals surface area (Å²) in [7, 11) is 0. The van der Waals surface area contributed by atoms with Gasteiger partial charge in [-0.15, -0.1) is 0 Å². The van der Waals surface area contributed by atoms with E-state index in [4.69, 9.17) is 4.74 Å². The zero-order chi connectivity index (χ0) is 17.8. The minimum absolute atomic E-state index is 0.0224. The maximum atomic E-state index is 12.7. The molecule has 5 heteroatoms. The van der Waals surface area contributed by atoms with Gasteiger partial charge in [0.2, 0.25) is 0 Å². The number of piperidine rings is 1. The zero-order valence-corrected chi connectivity index (χ0v) is 15.7. The van der Waals surface area contributed by atoms with Gasteiger partial charge in [0.05, 0.1) is 25.3 Å². The fourth-order valence-corrected chi connectivity index (χ4v) is 4.50. The first-order valence-electron chi connectivity index (χ1n) is 10.2. The van der Waals surface area contributed by atoms with E-state index in [1.54, 1.807) is 0 Å². The molecular formula is C21H31N3O2. The summed E-state index contributed by atoms with van der Waals surface area (Å²) in [6, 6.07) is 8.58. The number of rotatable bonds is 5. The lowest BCUT2D eigenvalue weighted by atomic mass is 10.1. The summed E-state index contributed by atoms with van der Waals surface area (Å²) in [6.07, 6.45) is 6.49. The van der Waals surface area contributed by atoms with Gasteiger partial charge in [-0.25, -0.2) is 0 Å². The van der Waals surface area contributed by atoms with Gasteiger partial charge in [0.1, 0.15) is 0 Å². The number of likely N-dealkylation sites (tertiary alicyclic amines) is 2. The van der Waals surface area contributed by atoms with E-state index in [-0.39, 0.29) is 11.9 Å². The number of ether oxygens (including phenoxy) is 1. The highest BCUT2D eigenvalue weighted by Gasteiger charge is 2.35. The third-order valence-electron chi connectivity index (χ3n) is 6.05. The van der Waals surface area contributed by atoms with Gasteiger partial charge in [0, 0.05) is 12.1 Å². The number of amides is 1. The number of carbonyl (C=O) groups is 1. The third-order valence-corrected chi connectivity index (χ3v) is 6.05. The molecule has 2 atom stereocenters. The monoisotopic (exact) mass is 357 g/mol. The highest BCUT2D eigenvalue weighted by Crippen LogP contribution is 2.20. The summed E-state index contributed by atoms with van der Waals surface area (Å²) in [4.78, 5) is 17.6. The van der Waals surface area contributed by atoms with Crippen LogP contribution in [0.5, 0.6) is 0 Å². The van der Waals surface area contributed by atoms with Crippen LogP contribution >= 0.6 is 0 Å². The molecule has 26 heavy (non-hydrogen) atoms. The molecule has 0 bridgehead atoms. The van der Waals surface area contributed by atoms with Gasteiger partial charge in [0.15, 0.2) is 0 Å². The molecule has 142 valence electrons. The van der Waals surface area contributed by atoms with E-state index >= 15 is 0 Å². The summed E-state index contributed by atoms with van der Waals surface area (Å²) in [5.74, 6) is 0.0224. The van der Waals surface area contributed by atoms with Crippen molar-refractivity contribution in [3.63, 3.8) is 0 Å². The van der Waals surface area contributed by atoms with Gasteiger partial charge in [-0.05, 0) is 69.6 Å². The fraction of sp³-hybridized carbons (Fsp3) is 0.667. The lowest BCUT2D eigenvalue weighted by Crippen LogP contribution is -2.50. The quantitative estimate of drug-likeness (QED) is 0.878. The fourth-order valence-electron chi connectivity index (χ4n) is 4.50. The number of hydrogen-bond donors (Lipinski definition) is 1. The van der Waals surface area contributed by atoms with Crippen LogP contribution in [0.2, 0.25) is 0 Å². The third kappa shape index (κ3) is 4.27. The highest BCUT2D eigenvalue weighted by atomic mass is 16.5. The molecule has 0 radical (unpaired) electrons. The molecule has 1 aromatic rings. The summed E-state index contributed by atoms with van der Waals surface area (Å²) in [6.45, 7) is 7.01. The summed E-state index contributed by atoms with van der Waals surface area (Å²) in [5.41, 5.74) is 2.04. The van der Waals surface area contributed by atoms with Crippen LogP contribution in [0.15, 0.2) is 24.3 Å². The van der Waals surface area contributed by atoms with E-state index in [0.29, 0.717) is 12.6 Å². The molecule has 1 aromatic carbocycles. The standard InChI is InChI=1S/C21H31N3O2/c25-21(22-19-15-26-16-20(19)24-12-4-5-13-24)18-8-6-17(7-9-18)14-23-10-2-1-3-11-23/h6-9,19-20H,1-5,10-16H2,(H,22,25)/t19-,20-/m0/s1. The van der Waals surface area contributed by atoms with Crippen molar-refractivity contribution in [1.29, 1.82) is 0 Å². The van der Waals surface area contributed by atoms with Crippen molar-refractivity contribution in [3.8, 4) is 0 Å². The van der Waals surface area contributed by atoms with Crippen LogP contribution in [-0.4, -0.2) is 67.2 Å². The lowest BCUT2D eigenvalue weighted by Gasteiger charge is -2.28. The van der Waals surface area contributed by atoms with E-state index in [1.807, 2.05) is 12.1 Å². The molecular weight excluding hydrogens is 326 g/mol. The number of carbonyl (C=O) groups excluding carboxylic acids is 1. The molecule has 1 amide bonds. The van der Waals surface area contributed by atoms with Crippen molar-refractivity contribution in [1.82, 2.24) is 15.1 Å². The Balaban J connectivity index is 1.32. The Hall–Kier alpha value is -1.43. The number of benzene rings is 1. The minimum Gasteiger partial charge on any atom is -0.378 e. The van der Waals surface area contributed by atoms with E-state index in [9.17, 15) is 4.79 Å². The van der Waals surface area contributed by atoms with E-state index in [1.165, 1.54) is 50.8 Å². The summed E-state index contributed by atoms with van der Waals surface area (Å²) >= 11 is 0. The van der Waals surface area contributed by atoms with Gasteiger partial charge in [-0.2, -0.15) is 0 Å². The van der Waals surface area contributed by atoms with Gasteiger partial charge >= 0.3 is 0 Å². The maximum absolute atomic E-state index is 12.7. The molecule has 3 aliphatic heterocycles. The second-order valence-corrected chi connectivity index (χ2v) is 7.96. The predicted molar refractivity (Wildman–Crippen MR) is 102 cm³/mol. The van der Waals surface area contributed by atoms with E-state index < -0.39 is 0 Å². The average molecular weight is 357 g/mol. The summed E-state index contributed by atoms with van der Waals surface area (Å²) < 4.78 is 5.66. The number of nitrogens with one attached hydrogen (secondary N) is 1. The Morgan fingerprint density at radius 3 is 2.38 bits per heavy atom. The number of hydrogen-bond acceptors (Lipinski definition) is 4. The van der Waals surface area contributed by atoms with Crippen molar-refractivity contribution in [2.75, 3.05) is 39.4 Å². The van der Waals surface area contributed by atoms with E-state index in [2.05, 4.69) is 27.2 Å². The first-order chi connectivity index (χ1) is 12.8. The molecule has 3 aliphatic rings. The largest absolute Gasteiger partial charge is 0.378 e. The van der Waals surface area contributed by atoms with Crippen LogP contribution in [0.1, 0.15) is 48.0 Å². The first-order valence-corrected chi connectivity index (χ1v) is 10.2. The highest BCUT2D eigenvalue weighted by molar-refractivity contribution is 5.94. The molecule has 0 aliphatic carbocycles. The molecule has 1 N–H and O–H groups in total. The molecule has 3 fully saturated rings. The van der Waals surface area contributed by atoms with Crippen molar-refractivity contribution in [2.24, 2.45) is 0 Å². The first kappa shape index (κ1) is 18.0. The molecule has 3 saturated heterocycles. The van der Waals surface area contributed by atoms with Crippen LogP contribution in [0.3, 0.4) is 0 Å². The minimum atomic E-state index is 0.0224. The van der Waals surface area contributed by atoms with Crippen LogP contribution in [0.4, 0.5) is 0 Å².